The number of nitrogens with one attached hydrogen (secondary N) is 1. The Morgan fingerprint density at radius 2 is 1.68 bits per heavy atom. The number of carbonyl (C=O) groups is 2. The summed E-state index contributed by atoms with van der Waals surface area (Å²) in [6.45, 7) is 0.0225. The van der Waals surface area contributed by atoms with Gasteiger partial charge in [0, 0.05) is 19.6 Å². The number of aliphatic hydroxyl groups excluding tert-OH is 3. The topological polar surface area (TPSA) is 206 Å². The van der Waals surface area contributed by atoms with Crippen molar-refractivity contribution in [3.8, 4) is 0 Å². The molecule has 0 saturated carbocycles. The first kappa shape index (κ1) is 21.7. The lowest BCUT2D eigenvalue weighted by atomic mass is 9.85. The van der Waals surface area contributed by atoms with Gasteiger partial charge in [0.05, 0.1) is 13.1 Å². The molecule has 12 nitrogen and oxygen atoms in total. The quantitative estimate of drug-likeness (QED) is 0.182. The number of rotatable bonds is 9. The van der Waals surface area contributed by atoms with Gasteiger partial charge < -0.3 is 46.4 Å². The SMILES string of the molecule is CC1(O)C(O)C(O)C(N)(CNCCN(CC(=O)O)CC(=O)O)O[C@@H]1O. The minimum atomic E-state index is -2.11. The summed E-state index contributed by atoms with van der Waals surface area (Å²) in [5, 5.41) is 59.6. The Morgan fingerprint density at radius 1 is 1.16 bits per heavy atom. The van der Waals surface area contributed by atoms with Gasteiger partial charge in [-0.2, -0.15) is 0 Å². The number of aliphatic hydroxyl groups is 4. The van der Waals surface area contributed by atoms with E-state index in [9.17, 15) is 30.0 Å². The van der Waals surface area contributed by atoms with Gasteiger partial charge in [0.25, 0.3) is 0 Å². The van der Waals surface area contributed by atoms with Crippen LogP contribution in [0.4, 0.5) is 0 Å². The first-order valence-electron chi connectivity index (χ1n) is 7.50. The van der Waals surface area contributed by atoms with E-state index in [1.165, 1.54) is 0 Å². The van der Waals surface area contributed by atoms with Crippen molar-refractivity contribution in [2.45, 2.75) is 36.7 Å². The van der Waals surface area contributed by atoms with E-state index in [1.54, 1.807) is 0 Å². The highest BCUT2D eigenvalue weighted by Crippen LogP contribution is 2.31. The molecule has 0 aromatic carbocycles. The highest BCUT2D eigenvalue weighted by atomic mass is 16.7. The number of carboxylic acid groups (broad SMARTS) is 2. The summed E-state index contributed by atoms with van der Waals surface area (Å²) in [6.07, 6.45) is -5.32. The number of aliphatic carboxylic acids is 2. The second-order valence-electron chi connectivity index (χ2n) is 6.22. The summed E-state index contributed by atoms with van der Waals surface area (Å²) in [7, 11) is 0. The van der Waals surface area contributed by atoms with Crippen LogP contribution in [0.15, 0.2) is 0 Å². The van der Waals surface area contributed by atoms with Crippen LogP contribution in [0.1, 0.15) is 6.92 Å². The fraction of sp³-hybridized carbons (Fsp3) is 0.846. The van der Waals surface area contributed by atoms with E-state index in [4.69, 9.17) is 20.7 Å². The van der Waals surface area contributed by atoms with Gasteiger partial charge in [0.1, 0.15) is 17.8 Å². The molecule has 1 saturated heterocycles. The van der Waals surface area contributed by atoms with E-state index in [0.717, 1.165) is 11.8 Å². The summed E-state index contributed by atoms with van der Waals surface area (Å²) in [4.78, 5) is 22.5. The van der Waals surface area contributed by atoms with Gasteiger partial charge in [-0.3, -0.25) is 14.5 Å². The molecule has 0 aromatic rings. The van der Waals surface area contributed by atoms with Crippen molar-refractivity contribution in [3.05, 3.63) is 0 Å². The third-order valence-electron chi connectivity index (χ3n) is 3.95. The number of hydrogen-bond donors (Lipinski definition) is 8. The van der Waals surface area contributed by atoms with Crippen LogP contribution in [0, 0.1) is 0 Å². The molecule has 146 valence electrons. The van der Waals surface area contributed by atoms with Crippen molar-refractivity contribution in [2.24, 2.45) is 5.73 Å². The summed E-state index contributed by atoms with van der Waals surface area (Å²) < 4.78 is 5.02. The molecule has 1 rings (SSSR count). The Kier molecular flexibility index (Phi) is 7.22. The fourth-order valence-electron chi connectivity index (χ4n) is 2.39. The molecule has 0 spiro atoms. The van der Waals surface area contributed by atoms with Gasteiger partial charge in [-0.1, -0.05) is 0 Å². The normalized spacial score (nSPS) is 35.7. The highest BCUT2D eigenvalue weighted by molar-refractivity contribution is 5.72. The van der Waals surface area contributed by atoms with Crippen LogP contribution >= 0.6 is 0 Å². The number of ether oxygens (including phenoxy) is 1. The summed E-state index contributed by atoms with van der Waals surface area (Å²) in [6, 6.07) is 0. The van der Waals surface area contributed by atoms with Gasteiger partial charge in [-0.05, 0) is 6.92 Å². The van der Waals surface area contributed by atoms with E-state index in [2.05, 4.69) is 5.32 Å². The Morgan fingerprint density at radius 3 is 2.16 bits per heavy atom. The zero-order chi connectivity index (χ0) is 19.4. The van der Waals surface area contributed by atoms with Crippen molar-refractivity contribution in [2.75, 3.05) is 32.7 Å². The van der Waals surface area contributed by atoms with Crippen molar-refractivity contribution < 1.29 is 45.0 Å². The summed E-state index contributed by atoms with van der Waals surface area (Å²) in [5.41, 5.74) is 1.79. The van der Waals surface area contributed by atoms with Crippen LogP contribution in [-0.2, 0) is 14.3 Å². The van der Waals surface area contributed by atoms with Crippen LogP contribution in [0.3, 0.4) is 0 Å². The van der Waals surface area contributed by atoms with Gasteiger partial charge in [-0.15, -0.1) is 0 Å². The number of nitrogens with zero attached hydrogens (tertiary/aromatic N) is 1. The molecule has 0 amide bonds. The maximum absolute atomic E-state index is 10.7. The molecule has 25 heavy (non-hydrogen) atoms. The molecule has 12 heteroatoms. The average molecular weight is 367 g/mol. The minimum Gasteiger partial charge on any atom is -0.480 e. The molecular formula is C13H25N3O9. The maximum atomic E-state index is 10.7. The smallest absolute Gasteiger partial charge is 0.317 e. The molecule has 4 unspecified atom stereocenters. The molecular weight excluding hydrogens is 342 g/mol. The van der Waals surface area contributed by atoms with E-state index in [1.807, 2.05) is 0 Å². The monoisotopic (exact) mass is 367 g/mol. The molecule has 0 bridgehead atoms. The molecule has 9 N–H and O–H groups in total. The van der Waals surface area contributed by atoms with Crippen molar-refractivity contribution in [3.63, 3.8) is 0 Å². The van der Waals surface area contributed by atoms with Crippen molar-refractivity contribution >= 4 is 11.9 Å². The lowest BCUT2D eigenvalue weighted by Crippen LogP contribution is -2.75. The van der Waals surface area contributed by atoms with Crippen molar-refractivity contribution in [1.29, 1.82) is 0 Å². The maximum Gasteiger partial charge on any atom is 0.317 e. The summed E-state index contributed by atoms with van der Waals surface area (Å²) >= 11 is 0. The van der Waals surface area contributed by atoms with Gasteiger partial charge in [0.2, 0.25) is 0 Å². The van der Waals surface area contributed by atoms with E-state index in [0.29, 0.717) is 0 Å². The second-order valence-corrected chi connectivity index (χ2v) is 6.22. The van der Waals surface area contributed by atoms with E-state index < -0.39 is 54.9 Å². The Labute approximate surface area is 143 Å². The highest BCUT2D eigenvalue weighted by Gasteiger charge is 2.56. The molecule has 0 aliphatic carbocycles. The lowest BCUT2D eigenvalue weighted by molar-refractivity contribution is -0.350. The number of carboxylic acids is 2. The first-order chi connectivity index (χ1) is 11.4. The standard InChI is InChI=1S/C13H25N3O9/c1-12(24)9(21)10(22)13(14,25-11(12)23)6-15-2-3-16(4-7(17)18)5-8(19)20/h9-11,15,21-24H,2-6,14H2,1H3,(H,17,18)(H,19,20)/t9?,10?,11-,12?,13?/m0/s1. The molecule has 1 aliphatic heterocycles. The predicted octanol–water partition coefficient (Wildman–Crippen LogP) is -4.48. The molecule has 1 fully saturated rings. The Hall–Kier alpha value is -1.38. The lowest BCUT2D eigenvalue weighted by Gasteiger charge is -2.49. The predicted molar refractivity (Wildman–Crippen MR) is 81.2 cm³/mol. The molecule has 1 aliphatic rings. The Bertz CT molecular complexity index is 473. The van der Waals surface area contributed by atoms with Crippen LogP contribution in [0.5, 0.6) is 0 Å². The van der Waals surface area contributed by atoms with Crippen LogP contribution in [0.25, 0.3) is 0 Å². The van der Waals surface area contributed by atoms with E-state index >= 15 is 0 Å². The molecule has 1 heterocycles. The second kappa shape index (κ2) is 8.33. The first-order valence-corrected chi connectivity index (χ1v) is 7.50. The minimum absolute atomic E-state index is 0.0492. The van der Waals surface area contributed by atoms with E-state index in [-0.39, 0.29) is 19.6 Å². The molecule has 0 radical (unpaired) electrons. The molecule has 5 atom stereocenters. The average Bonchev–Trinajstić information content (AvgIpc) is 2.47. The molecule has 0 aromatic heterocycles. The zero-order valence-corrected chi connectivity index (χ0v) is 13.7. The fourth-order valence-corrected chi connectivity index (χ4v) is 2.39. The Balaban J connectivity index is 2.56. The third-order valence-corrected chi connectivity index (χ3v) is 3.95. The van der Waals surface area contributed by atoms with Gasteiger partial charge >= 0.3 is 11.9 Å². The largest absolute Gasteiger partial charge is 0.480 e. The van der Waals surface area contributed by atoms with Crippen molar-refractivity contribution in [1.82, 2.24) is 10.2 Å². The number of hydrogen-bond acceptors (Lipinski definition) is 10. The van der Waals surface area contributed by atoms with Gasteiger partial charge in [-0.25, -0.2) is 0 Å². The number of nitrogens with two attached hydrogens (primary N) is 1. The zero-order valence-electron chi connectivity index (χ0n) is 13.7. The summed E-state index contributed by atoms with van der Waals surface area (Å²) in [5.74, 6) is -2.37. The van der Waals surface area contributed by atoms with Gasteiger partial charge in [0.15, 0.2) is 12.0 Å². The van der Waals surface area contributed by atoms with Crippen LogP contribution in [0.2, 0.25) is 0 Å². The third kappa shape index (κ3) is 5.55. The van der Waals surface area contributed by atoms with Crippen LogP contribution in [-0.4, -0.2) is 110 Å². The van der Waals surface area contributed by atoms with Crippen LogP contribution < -0.4 is 11.1 Å².